The fraction of sp³-hybridized carbons (Fsp3) is 0.0526. The lowest BCUT2D eigenvalue weighted by atomic mass is 10.2. The van der Waals surface area contributed by atoms with Gasteiger partial charge in [0.15, 0.2) is 0 Å². The summed E-state index contributed by atoms with van der Waals surface area (Å²) in [7, 11) is 0. The van der Waals surface area contributed by atoms with Crippen molar-refractivity contribution in [3.05, 3.63) is 83.4 Å². The van der Waals surface area contributed by atoms with Gasteiger partial charge >= 0.3 is 0 Å². The molecule has 0 saturated heterocycles. The van der Waals surface area contributed by atoms with Crippen LogP contribution in [-0.2, 0) is 11.3 Å². The van der Waals surface area contributed by atoms with Crippen LogP contribution in [0.2, 0.25) is 5.02 Å². The third-order valence-corrected chi connectivity index (χ3v) is 3.66. The van der Waals surface area contributed by atoms with Crippen molar-refractivity contribution in [2.45, 2.75) is 6.54 Å². The molecule has 2 aromatic heterocycles. The average Bonchev–Trinajstić information content (AvgIpc) is 3.14. The molecule has 1 aromatic carbocycles. The van der Waals surface area contributed by atoms with Gasteiger partial charge in [0, 0.05) is 29.4 Å². The molecule has 0 fully saturated rings. The lowest BCUT2D eigenvalue weighted by Crippen LogP contribution is -2.20. The van der Waals surface area contributed by atoms with Gasteiger partial charge in [0.2, 0.25) is 5.91 Å². The molecule has 0 aliphatic rings. The van der Waals surface area contributed by atoms with Gasteiger partial charge in [-0.1, -0.05) is 29.8 Å². The molecule has 1 N–H and O–H groups in total. The normalized spacial score (nSPS) is 10.9. The maximum Gasteiger partial charge on any atom is 0.244 e. The molecule has 0 atom stereocenters. The van der Waals surface area contributed by atoms with Crippen molar-refractivity contribution in [2.75, 3.05) is 0 Å². The first-order chi connectivity index (χ1) is 11.7. The zero-order valence-corrected chi connectivity index (χ0v) is 13.5. The van der Waals surface area contributed by atoms with Gasteiger partial charge in [0.25, 0.3) is 0 Å². The van der Waals surface area contributed by atoms with Crippen LogP contribution in [0, 0.1) is 0 Å². The van der Waals surface area contributed by atoms with E-state index in [9.17, 15) is 4.79 Å². The Bertz CT molecular complexity index is 823. The summed E-state index contributed by atoms with van der Waals surface area (Å²) >= 11 is 5.82. The number of aromatic nitrogens is 1. The van der Waals surface area contributed by atoms with Crippen molar-refractivity contribution in [2.24, 2.45) is 0 Å². The number of pyridine rings is 1. The predicted octanol–water partition coefficient (Wildman–Crippen LogP) is 4.32. The molecular formula is C19H15ClN2O2. The van der Waals surface area contributed by atoms with E-state index in [1.165, 1.54) is 6.08 Å². The van der Waals surface area contributed by atoms with Gasteiger partial charge in [-0.2, -0.15) is 0 Å². The molecule has 0 saturated carbocycles. The number of nitrogens with zero attached hydrogens (tertiary/aromatic N) is 1. The summed E-state index contributed by atoms with van der Waals surface area (Å²) < 4.78 is 5.04. The maximum absolute atomic E-state index is 11.9. The van der Waals surface area contributed by atoms with Gasteiger partial charge in [-0.15, -0.1) is 0 Å². The van der Waals surface area contributed by atoms with Crippen molar-refractivity contribution >= 4 is 23.6 Å². The first kappa shape index (κ1) is 16.0. The Labute approximate surface area is 144 Å². The van der Waals surface area contributed by atoms with E-state index in [1.807, 2.05) is 30.3 Å². The fourth-order valence-electron chi connectivity index (χ4n) is 2.10. The van der Waals surface area contributed by atoms with Crippen LogP contribution in [0.25, 0.3) is 17.3 Å². The fourth-order valence-corrected chi connectivity index (χ4v) is 2.23. The number of furan rings is 1. The molecule has 0 radical (unpaired) electrons. The summed E-state index contributed by atoms with van der Waals surface area (Å²) in [6, 6.07) is 13.0. The third kappa shape index (κ3) is 4.33. The molecule has 120 valence electrons. The highest BCUT2D eigenvalue weighted by Crippen LogP contribution is 2.17. The second kappa shape index (κ2) is 7.62. The second-order valence-corrected chi connectivity index (χ2v) is 5.60. The number of hydrogen-bond donors (Lipinski definition) is 1. The first-order valence-electron chi connectivity index (χ1n) is 7.40. The smallest absolute Gasteiger partial charge is 0.244 e. The zero-order chi connectivity index (χ0) is 16.8. The molecule has 3 aromatic rings. The zero-order valence-electron chi connectivity index (χ0n) is 12.8. The molecule has 5 heteroatoms. The first-order valence-corrected chi connectivity index (χ1v) is 7.77. The Kier molecular flexibility index (Phi) is 5.08. The van der Waals surface area contributed by atoms with Crippen LogP contribution in [0.1, 0.15) is 11.1 Å². The van der Waals surface area contributed by atoms with Crippen LogP contribution in [0.15, 0.2) is 71.7 Å². The number of hydrogen-bond acceptors (Lipinski definition) is 3. The molecule has 0 bridgehead atoms. The van der Waals surface area contributed by atoms with Crippen molar-refractivity contribution in [1.82, 2.24) is 10.3 Å². The molecule has 0 aliphatic heterocycles. The van der Waals surface area contributed by atoms with E-state index in [1.54, 1.807) is 36.9 Å². The number of rotatable bonds is 5. The van der Waals surface area contributed by atoms with Crippen LogP contribution in [0.3, 0.4) is 0 Å². The lowest BCUT2D eigenvalue weighted by molar-refractivity contribution is -0.116. The molecule has 0 unspecified atom stereocenters. The van der Waals surface area contributed by atoms with Crippen LogP contribution in [0.4, 0.5) is 0 Å². The molecular weight excluding hydrogens is 324 g/mol. The van der Waals surface area contributed by atoms with E-state index < -0.39 is 0 Å². The van der Waals surface area contributed by atoms with Crippen LogP contribution in [0.5, 0.6) is 0 Å². The molecule has 3 rings (SSSR count). The van der Waals surface area contributed by atoms with E-state index in [4.69, 9.17) is 16.0 Å². The Morgan fingerprint density at radius 1 is 1.17 bits per heavy atom. The van der Waals surface area contributed by atoms with E-state index in [0.717, 1.165) is 22.4 Å². The standard InChI is InChI=1S/C19H15ClN2O2/c20-17-5-1-14(2-6-17)4-8-19(23)22-12-15-3-7-18(21-11-15)16-9-10-24-13-16/h1-11,13H,12H2,(H,22,23)/b8-4+. The van der Waals surface area contributed by atoms with E-state index in [-0.39, 0.29) is 5.91 Å². The van der Waals surface area contributed by atoms with Crippen molar-refractivity contribution in [3.63, 3.8) is 0 Å². The summed E-state index contributed by atoms with van der Waals surface area (Å²) in [5.41, 5.74) is 3.61. The summed E-state index contributed by atoms with van der Waals surface area (Å²) in [6.07, 6.45) is 8.23. The maximum atomic E-state index is 11.9. The van der Waals surface area contributed by atoms with Gasteiger partial charge in [0.05, 0.1) is 18.2 Å². The van der Waals surface area contributed by atoms with Crippen LogP contribution in [-0.4, -0.2) is 10.9 Å². The highest BCUT2D eigenvalue weighted by Gasteiger charge is 2.02. The predicted molar refractivity (Wildman–Crippen MR) is 94.3 cm³/mol. The quantitative estimate of drug-likeness (QED) is 0.705. The van der Waals surface area contributed by atoms with Gasteiger partial charge < -0.3 is 9.73 Å². The van der Waals surface area contributed by atoms with Gasteiger partial charge in [0.1, 0.15) is 0 Å². The van der Waals surface area contributed by atoms with Gasteiger partial charge in [-0.25, -0.2) is 0 Å². The van der Waals surface area contributed by atoms with Crippen molar-refractivity contribution in [1.29, 1.82) is 0 Å². The molecule has 1 amide bonds. The molecule has 0 spiro atoms. The number of carbonyl (C=O) groups is 1. The number of amides is 1. The Balaban J connectivity index is 1.53. The van der Waals surface area contributed by atoms with Gasteiger partial charge in [-0.3, -0.25) is 9.78 Å². The van der Waals surface area contributed by atoms with E-state index >= 15 is 0 Å². The topological polar surface area (TPSA) is 55.1 Å². The minimum atomic E-state index is -0.163. The Morgan fingerprint density at radius 3 is 2.67 bits per heavy atom. The van der Waals surface area contributed by atoms with Crippen molar-refractivity contribution in [3.8, 4) is 11.3 Å². The largest absolute Gasteiger partial charge is 0.472 e. The van der Waals surface area contributed by atoms with E-state index in [2.05, 4.69) is 10.3 Å². The van der Waals surface area contributed by atoms with Crippen LogP contribution < -0.4 is 5.32 Å². The van der Waals surface area contributed by atoms with Crippen molar-refractivity contribution < 1.29 is 9.21 Å². The monoisotopic (exact) mass is 338 g/mol. The average molecular weight is 339 g/mol. The Hall–Kier alpha value is -2.85. The second-order valence-electron chi connectivity index (χ2n) is 5.17. The Morgan fingerprint density at radius 2 is 2.00 bits per heavy atom. The number of halogens is 1. The summed E-state index contributed by atoms with van der Waals surface area (Å²) in [6.45, 7) is 0.419. The molecule has 4 nitrogen and oxygen atoms in total. The SMILES string of the molecule is O=C(/C=C/c1ccc(Cl)cc1)NCc1ccc(-c2ccoc2)nc1. The lowest BCUT2D eigenvalue weighted by Gasteiger charge is -2.03. The highest BCUT2D eigenvalue weighted by atomic mass is 35.5. The van der Waals surface area contributed by atoms with Gasteiger partial charge in [-0.05, 0) is 41.5 Å². The number of benzene rings is 1. The minimum absolute atomic E-state index is 0.163. The summed E-state index contributed by atoms with van der Waals surface area (Å²) in [5, 5.41) is 3.49. The third-order valence-electron chi connectivity index (χ3n) is 3.41. The highest BCUT2D eigenvalue weighted by molar-refractivity contribution is 6.30. The number of carbonyl (C=O) groups excluding carboxylic acids is 1. The minimum Gasteiger partial charge on any atom is -0.472 e. The van der Waals surface area contributed by atoms with E-state index in [0.29, 0.717) is 11.6 Å². The molecule has 0 aliphatic carbocycles. The summed E-state index contributed by atoms with van der Waals surface area (Å²) in [4.78, 5) is 16.2. The van der Waals surface area contributed by atoms with Crippen LogP contribution >= 0.6 is 11.6 Å². The number of nitrogens with one attached hydrogen (secondary N) is 1. The summed E-state index contributed by atoms with van der Waals surface area (Å²) in [5.74, 6) is -0.163. The molecule has 2 heterocycles. The molecule has 24 heavy (non-hydrogen) atoms.